The largest absolute Gasteiger partial charge is 0.444 e. The second kappa shape index (κ2) is 7.20. The smallest absolute Gasteiger partial charge is 0.251 e. The van der Waals surface area contributed by atoms with E-state index in [9.17, 15) is 4.79 Å². The number of carbonyl (C=O) groups is 1. The van der Waals surface area contributed by atoms with E-state index in [1.54, 1.807) is 18.4 Å². The Kier molecular flexibility index (Phi) is 4.39. The molecule has 4 aromatic rings. The maximum atomic E-state index is 12.6. The third kappa shape index (κ3) is 3.42. The van der Waals surface area contributed by atoms with Crippen LogP contribution < -0.4 is 5.32 Å². The first-order chi connectivity index (χ1) is 14.2. The molecule has 6 nitrogen and oxygen atoms in total. The van der Waals surface area contributed by atoms with Crippen LogP contribution in [0.2, 0.25) is 0 Å². The predicted octanol–water partition coefficient (Wildman–Crippen LogP) is 5.13. The lowest BCUT2D eigenvalue weighted by Crippen LogP contribution is -2.32. The van der Waals surface area contributed by atoms with Crippen molar-refractivity contribution in [1.82, 2.24) is 15.5 Å². The van der Waals surface area contributed by atoms with E-state index >= 15 is 0 Å². The summed E-state index contributed by atoms with van der Waals surface area (Å²) in [5, 5.41) is 8.02. The number of rotatable bonds is 4. The molecule has 146 valence electrons. The Morgan fingerprint density at radius 1 is 1.10 bits per heavy atom. The van der Waals surface area contributed by atoms with Gasteiger partial charge in [-0.25, -0.2) is 4.98 Å². The van der Waals surface area contributed by atoms with Gasteiger partial charge in [0.15, 0.2) is 5.58 Å². The van der Waals surface area contributed by atoms with Crippen molar-refractivity contribution in [3.05, 3.63) is 59.9 Å². The van der Waals surface area contributed by atoms with Crippen molar-refractivity contribution in [2.45, 2.75) is 38.6 Å². The number of oxazole rings is 1. The minimum Gasteiger partial charge on any atom is -0.444 e. The number of nitrogens with zero attached hydrogens (tertiary/aromatic N) is 2. The Morgan fingerprint density at radius 3 is 2.69 bits per heavy atom. The van der Waals surface area contributed by atoms with Gasteiger partial charge in [-0.3, -0.25) is 4.79 Å². The second-order valence-corrected chi connectivity index (χ2v) is 7.60. The van der Waals surface area contributed by atoms with Gasteiger partial charge in [0.25, 0.3) is 5.91 Å². The summed E-state index contributed by atoms with van der Waals surface area (Å²) in [5.41, 5.74) is 4.41. The van der Waals surface area contributed by atoms with Crippen LogP contribution in [0.3, 0.4) is 0 Å². The third-order valence-electron chi connectivity index (χ3n) is 5.47. The number of hydrogen-bond acceptors (Lipinski definition) is 5. The van der Waals surface area contributed by atoms with Gasteiger partial charge >= 0.3 is 0 Å². The SMILES string of the molecule is Cc1ccc(-c2nc(-c3noc4ccc(C(=O)NC5CCCC5)cc34)co2)cc1. The van der Waals surface area contributed by atoms with Gasteiger partial charge in [-0.2, -0.15) is 0 Å². The molecule has 1 aliphatic carbocycles. The molecule has 0 atom stereocenters. The van der Waals surface area contributed by atoms with Gasteiger partial charge in [-0.1, -0.05) is 35.7 Å². The fourth-order valence-electron chi connectivity index (χ4n) is 3.81. The molecule has 2 aromatic heterocycles. The average Bonchev–Trinajstić information content (AvgIpc) is 3.48. The van der Waals surface area contributed by atoms with Gasteiger partial charge in [-0.15, -0.1) is 0 Å². The molecule has 1 amide bonds. The molecule has 0 radical (unpaired) electrons. The van der Waals surface area contributed by atoms with E-state index in [4.69, 9.17) is 8.94 Å². The molecular formula is C23H21N3O3. The molecule has 1 aliphatic rings. The second-order valence-electron chi connectivity index (χ2n) is 7.60. The summed E-state index contributed by atoms with van der Waals surface area (Å²) in [5.74, 6) is 0.456. The molecule has 6 heteroatoms. The highest BCUT2D eigenvalue weighted by Crippen LogP contribution is 2.30. The number of fused-ring (bicyclic) bond motifs is 1. The Bertz CT molecular complexity index is 1170. The molecule has 1 fully saturated rings. The number of carbonyl (C=O) groups excluding carboxylic acids is 1. The monoisotopic (exact) mass is 387 g/mol. The topological polar surface area (TPSA) is 81.2 Å². The average molecular weight is 387 g/mol. The summed E-state index contributed by atoms with van der Waals surface area (Å²) >= 11 is 0. The first kappa shape index (κ1) is 17.7. The van der Waals surface area contributed by atoms with Crippen molar-refractivity contribution in [3.8, 4) is 22.8 Å². The van der Waals surface area contributed by atoms with Crippen LogP contribution in [0.5, 0.6) is 0 Å². The van der Waals surface area contributed by atoms with Gasteiger partial charge in [-0.05, 0) is 50.1 Å². The van der Waals surface area contributed by atoms with Crippen LogP contribution in [0.25, 0.3) is 33.8 Å². The summed E-state index contributed by atoms with van der Waals surface area (Å²) in [6.07, 6.45) is 6.02. The Labute approximate surface area is 167 Å². The van der Waals surface area contributed by atoms with Crippen LogP contribution in [0.4, 0.5) is 0 Å². The lowest BCUT2D eigenvalue weighted by atomic mass is 10.1. The first-order valence-corrected chi connectivity index (χ1v) is 9.90. The molecule has 0 bridgehead atoms. The highest BCUT2D eigenvalue weighted by atomic mass is 16.5. The first-order valence-electron chi connectivity index (χ1n) is 9.90. The van der Waals surface area contributed by atoms with E-state index in [0.29, 0.717) is 28.4 Å². The Balaban J connectivity index is 1.46. The molecule has 1 N–H and O–H groups in total. The summed E-state index contributed by atoms with van der Waals surface area (Å²) < 4.78 is 11.1. The van der Waals surface area contributed by atoms with E-state index in [-0.39, 0.29) is 11.9 Å². The van der Waals surface area contributed by atoms with Gasteiger partial charge in [0, 0.05) is 17.2 Å². The highest BCUT2D eigenvalue weighted by molar-refractivity contribution is 6.00. The van der Waals surface area contributed by atoms with Gasteiger partial charge < -0.3 is 14.3 Å². The van der Waals surface area contributed by atoms with Crippen LogP contribution in [0, 0.1) is 6.92 Å². The molecule has 1 saturated carbocycles. The normalized spacial score (nSPS) is 14.5. The number of benzene rings is 2. The number of aryl methyl sites for hydroxylation is 1. The van der Waals surface area contributed by atoms with Crippen molar-refractivity contribution in [2.75, 3.05) is 0 Å². The van der Waals surface area contributed by atoms with E-state index in [0.717, 1.165) is 23.8 Å². The fraction of sp³-hybridized carbons (Fsp3) is 0.261. The van der Waals surface area contributed by atoms with Gasteiger partial charge in [0.05, 0.1) is 5.39 Å². The van der Waals surface area contributed by atoms with Crippen LogP contribution in [-0.2, 0) is 0 Å². The van der Waals surface area contributed by atoms with Crippen molar-refractivity contribution in [3.63, 3.8) is 0 Å². The van der Waals surface area contributed by atoms with Gasteiger partial charge in [0.1, 0.15) is 17.7 Å². The lowest BCUT2D eigenvalue weighted by molar-refractivity contribution is 0.0938. The quantitative estimate of drug-likeness (QED) is 0.525. The fourth-order valence-corrected chi connectivity index (χ4v) is 3.81. The molecule has 0 unspecified atom stereocenters. The van der Waals surface area contributed by atoms with Crippen molar-refractivity contribution in [2.24, 2.45) is 0 Å². The lowest BCUT2D eigenvalue weighted by Gasteiger charge is -2.11. The molecule has 29 heavy (non-hydrogen) atoms. The van der Waals surface area contributed by atoms with Crippen LogP contribution in [0.1, 0.15) is 41.6 Å². The maximum absolute atomic E-state index is 12.6. The zero-order chi connectivity index (χ0) is 19.8. The molecule has 2 heterocycles. The predicted molar refractivity (Wildman–Crippen MR) is 109 cm³/mol. The minimum absolute atomic E-state index is 0.0635. The van der Waals surface area contributed by atoms with Crippen molar-refractivity contribution in [1.29, 1.82) is 0 Å². The molecular weight excluding hydrogens is 366 g/mol. The Hall–Kier alpha value is -3.41. The highest BCUT2D eigenvalue weighted by Gasteiger charge is 2.20. The number of aromatic nitrogens is 2. The summed E-state index contributed by atoms with van der Waals surface area (Å²) in [4.78, 5) is 17.2. The van der Waals surface area contributed by atoms with Gasteiger partial charge in [0.2, 0.25) is 5.89 Å². The zero-order valence-corrected chi connectivity index (χ0v) is 16.1. The Morgan fingerprint density at radius 2 is 1.90 bits per heavy atom. The number of hydrogen-bond donors (Lipinski definition) is 1. The van der Waals surface area contributed by atoms with E-state index in [1.807, 2.05) is 37.3 Å². The minimum atomic E-state index is -0.0635. The standard InChI is InChI=1S/C23H21N3O3/c1-14-6-8-15(9-7-14)23-25-19(13-28-23)21-18-12-16(10-11-20(18)29-26-21)22(27)24-17-4-2-3-5-17/h6-13,17H,2-5H2,1H3,(H,24,27). The van der Waals surface area contributed by atoms with E-state index in [2.05, 4.69) is 15.5 Å². The molecule has 5 rings (SSSR count). The van der Waals surface area contributed by atoms with Crippen LogP contribution in [-0.4, -0.2) is 22.1 Å². The van der Waals surface area contributed by atoms with E-state index < -0.39 is 0 Å². The van der Waals surface area contributed by atoms with Crippen molar-refractivity contribution >= 4 is 16.9 Å². The summed E-state index contributed by atoms with van der Waals surface area (Å²) in [6, 6.07) is 13.6. The summed E-state index contributed by atoms with van der Waals surface area (Å²) in [7, 11) is 0. The molecule has 0 saturated heterocycles. The zero-order valence-electron chi connectivity index (χ0n) is 16.1. The third-order valence-corrected chi connectivity index (χ3v) is 5.47. The molecule has 0 aliphatic heterocycles. The number of nitrogens with one attached hydrogen (secondary N) is 1. The number of amides is 1. The molecule has 0 spiro atoms. The molecule has 2 aromatic carbocycles. The maximum Gasteiger partial charge on any atom is 0.251 e. The van der Waals surface area contributed by atoms with Crippen LogP contribution >= 0.6 is 0 Å². The summed E-state index contributed by atoms with van der Waals surface area (Å²) in [6.45, 7) is 2.03. The van der Waals surface area contributed by atoms with Crippen molar-refractivity contribution < 1.29 is 13.7 Å². The van der Waals surface area contributed by atoms with E-state index in [1.165, 1.54) is 18.4 Å². The van der Waals surface area contributed by atoms with Crippen LogP contribution in [0.15, 0.2) is 57.7 Å².